The summed E-state index contributed by atoms with van der Waals surface area (Å²) in [6.07, 6.45) is 1.30. The van der Waals surface area contributed by atoms with E-state index in [0.29, 0.717) is 45.7 Å². The molecule has 1 aliphatic heterocycles. The van der Waals surface area contributed by atoms with Crippen molar-refractivity contribution in [3.8, 4) is 0 Å². The van der Waals surface area contributed by atoms with Gasteiger partial charge in [-0.1, -0.05) is 0 Å². The Labute approximate surface area is 114 Å². The SMILES string of the molecule is O=C(CCS(=O)(=O)N1CCOCC1)NCCCCO. The highest BCUT2D eigenvalue weighted by Gasteiger charge is 2.24. The standard InChI is InChI=1S/C11H22N2O5S/c14-7-2-1-4-12-11(15)3-10-19(16,17)13-5-8-18-9-6-13/h14H,1-10H2,(H,12,15). The first kappa shape index (κ1) is 16.4. The summed E-state index contributed by atoms with van der Waals surface area (Å²) < 4.78 is 30.3. The lowest BCUT2D eigenvalue weighted by molar-refractivity contribution is -0.120. The van der Waals surface area contributed by atoms with Gasteiger partial charge in [0.15, 0.2) is 0 Å². The molecule has 1 saturated heterocycles. The molecule has 8 heteroatoms. The predicted molar refractivity (Wildman–Crippen MR) is 70.1 cm³/mol. The van der Waals surface area contributed by atoms with E-state index in [4.69, 9.17) is 9.84 Å². The molecular formula is C11H22N2O5S. The maximum atomic E-state index is 11.9. The average molecular weight is 294 g/mol. The van der Waals surface area contributed by atoms with Gasteiger partial charge in [0.2, 0.25) is 15.9 Å². The van der Waals surface area contributed by atoms with E-state index in [1.54, 1.807) is 0 Å². The van der Waals surface area contributed by atoms with E-state index in [1.165, 1.54) is 4.31 Å². The summed E-state index contributed by atoms with van der Waals surface area (Å²) in [6, 6.07) is 0. The van der Waals surface area contributed by atoms with E-state index in [-0.39, 0.29) is 24.7 Å². The fraction of sp³-hybridized carbons (Fsp3) is 0.909. The van der Waals surface area contributed by atoms with Crippen molar-refractivity contribution in [2.75, 3.05) is 45.2 Å². The van der Waals surface area contributed by atoms with Crippen LogP contribution in [0.25, 0.3) is 0 Å². The Morgan fingerprint density at radius 1 is 1.26 bits per heavy atom. The zero-order valence-electron chi connectivity index (χ0n) is 11.0. The van der Waals surface area contributed by atoms with Crippen molar-refractivity contribution < 1.29 is 23.1 Å². The number of hydrogen-bond donors (Lipinski definition) is 2. The Morgan fingerprint density at radius 3 is 2.58 bits per heavy atom. The lowest BCUT2D eigenvalue weighted by Crippen LogP contribution is -2.42. The van der Waals surface area contributed by atoms with Crippen LogP contribution in [0.15, 0.2) is 0 Å². The number of aliphatic hydroxyl groups is 1. The zero-order valence-corrected chi connectivity index (χ0v) is 11.8. The summed E-state index contributed by atoms with van der Waals surface area (Å²) in [5, 5.41) is 11.2. The number of nitrogens with zero attached hydrogens (tertiary/aromatic N) is 1. The van der Waals surface area contributed by atoms with Crippen LogP contribution in [0.1, 0.15) is 19.3 Å². The maximum Gasteiger partial charge on any atom is 0.221 e. The number of nitrogens with one attached hydrogen (secondary N) is 1. The van der Waals surface area contributed by atoms with Crippen LogP contribution in [0.2, 0.25) is 0 Å². The van der Waals surface area contributed by atoms with E-state index in [0.717, 1.165) is 0 Å². The van der Waals surface area contributed by atoms with Gasteiger partial charge in [0.05, 0.1) is 19.0 Å². The molecule has 1 rings (SSSR count). The van der Waals surface area contributed by atoms with Gasteiger partial charge in [0, 0.05) is 32.7 Å². The van der Waals surface area contributed by atoms with Crippen LogP contribution in [-0.2, 0) is 19.6 Å². The van der Waals surface area contributed by atoms with E-state index >= 15 is 0 Å². The number of aliphatic hydroxyl groups excluding tert-OH is 1. The summed E-state index contributed by atoms with van der Waals surface area (Å²) in [7, 11) is -3.36. The highest BCUT2D eigenvalue weighted by molar-refractivity contribution is 7.89. The van der Waals surface area contributed by atoms with E-state index in [2.05, 4.69) is 5.32 Å². The first-order valence-corrected chi connectivity index (χ1v) is 8.10. The molecular weight excluding hydrogens is 272 g/mol. The number of sulfonamides is 1. The molecule has 0 atom stereocenters. The van der Waals surface area contributed by atoms with Crippen molar-refractivity contribution in [2.24, 2.45) is 0 Å². The van der Waals surface area contributed by atoms with Crippen LogP contribution in [0.4, 0.5) is 0 Å². The number of morpholine rings is 1. The Morgan fingerprint density at radius 2 is 1.95 bits per heavy atom. The minimum atomic E-state index is -3.36. The molecule has 1 aliphatic rings. The second-order valence-electron chi connectivity index (χ2n) is 4.36. The number of unbranched alkanes of at least 4 members (excludes halogenated alkanes) is 1. The van der Waals surface area contributed by atoms with Gasteiger partial charge in [-0.25, -0.2) is 8.42 Å². The Hall–Kier alpha value is -0.700. The van der Waals surface area contributed by atoms with E-state index < -0.39 is 10.0 Å². The molecule has 0 aromatic carbocycles. The van der Waals surface area contributed by atoms with Gasteiger partial charge in [-0.2, -0.15) is 4.31 Å². The Bertz CT molecular complexity index is 365. The molecule has 0 saturated carbocycles. The molecule has 19 heavy (non-hydrogen) atoms. The number of hydrogen-bond acceptors (Lipinski definition) is 5. The second-order valence-corrected chi connectivity index (χ2v) is 6.45. The van der Waals surface area contributed by atoms with Gasteiger partial charge >= 0.3 is 0 Å². The largest absolute Gasteiger partial charge is 0.396 e. The van der Waals surface area contributed by atoms with Crippen molar-refractivity contribution in [3.05, 3.63) is 0 Å². The van der Waals surface area contributed by atoms with Crippen molar-refractivity contribution in [3.63, 3.8) is 0 Å². The van der Waals surface area contributed by atoms with Gasteiger partial charge in [-0.05, 0) is 12.8 Å². The van der Waals surface area contributed by atoms with E-state index in [1.807, 2.05) is 0 Å². The molecule has 0 unspecified atom stereocenters. The maximum absolute atomic E-state index is 11.9. The van der Waals surface area contributed by atoms with Crippen LogP contribution >= 0.6 is 0 Å². The second kappa shape index (κ2) is 8.47. The van der Waals surface area contributed by atoms with Crippen LogP contribution in [0.5, 0.6) is 0 Å². The lowest BCUT2D eigenvalue weighted by Gasteiger charge is -2.25. The van der Waals surface area contributed by atoms with Crippen molar-refractivity contribution in [1.82, 2.24) is 9.62 Å². The van der Waals surface area contributed by atoms with Crippen LogP contribution in [-0.4, -0.2) is 68.9 Å². The van der Waals surface area contributed by atoms with Gasteiger partial charge in [-0.3, -0.25) is 4.79 Å². The molecule has 0 aromatic heterocycles. The molecule has 112 valence electrons. The van der Waals surface area contributed by atoms with Crippen LogP contribution < -0.4 is 5.32 Å². The number of rotatable bonds is 8. The molecule has 0 aromatic rings. The van der Waals surface area contributed by atoms with Crippen LogP contribution in [0.3, 0.4) is 0 Å². The van der Waals surface area contributed by atoms with E-state index in [9.17, 15) is 13.2 Å². The Balaban J connectivity index is 2.24. The fourth-order valence-corrected chi connectivity index (χ4v) is 3.14. The molecule has 0 bridgehead atoms. The van der Waals surface area contributed by atoms with Crippen molar-refractivity contribution in [1.29, 1.82) is 0 Å². The monoisotopic (exact) mass is 294 g/mol. The lowest BCUT2D eigenvalue weighted by atomic mass is 10.3. The minimum absolute atomic E-state index is 0.0290. The molecule has 1 amide bonds. The van der Waals surface area contributed by atoms with Gasteiger partial charge in [-0.15, -0.1) is 0 Å². The van der Waals surface area contributed by atoms with Crippen molar-refractivity contribution in [2.45, 2.75) is 19.3 Å². The summed E-state index contributed by atoms with van der Waals surface area (Å²) in [6.45, 7) is 2.11. The summed E-state index contributed by atoms with van der Waals surface area (Å²) in [4.78, 5) is 11.5. The summed E-state index contributed by atoms with van der Waals surface area (Å²) in [5.74, 6) is -0.437. The number of ether oxygens (including phenoxy) is 1. The highest BCUT2D eigenvalue weighted by atomic mass is 32.2. The third kappa shape index (κ3) is 6.33. The van der Waals surface area contributed by atoms with Gasteiger partial charge < -0.3 is 15.2 Å². The first-order chi connectivity index (χ1) is 9.06. The summed E-state index contributed by atoms with van der Waals surface area (Å²) in [5.41, 5.74) is 0. The quantitative estimate of drug-likeness (QED) is 0.556. The third-order valence-electron chi connectivity index (χ3n) is 2.86. The summed E-state index contributed by atoms with van der Waals surface area (Å²) >= 11 is 0. The molecule has 0 radical (unpaired) electrons. The molecule has 1 heterocycles. The topological polar surface area (TPSA) is 95.9 Å². The first-order valence-electron chi connectivity index (χ1n) is 6.49. The predicted octanol–water partition coefficient (Wildman–Crippen LogP) is -1.07. The zero-order chi connectivity index (χ0) is 14.1. The Kier molecular flexibility index (Phi) is 7.29. The van der Waals surface area contributed by atoms with Crippen LogP contribution in [0, 0.1) is 0 Å². The number of amides is 1. The molecule has 7 nitrogen and oxygen atoms in total. The highest BCUT2D eigenvalue weighted by Crippen LogP contribution is 2.06. The fourth-order valence-electron chi connectivity index (χ4n) is 1.73. The molecule has 0 aliphatic carbocycles. The normalized spacial score (nSPS) is 17.3. The molecule has 2 N–H and O–H groups in total. The van der Waals surface area contributed by atoms with Gasteiger partial charge in [0.1, 0.15) is 0 Å². The average Bonchev–Trinajstić information content (AvgIpc) is 2.42. The van der Waals surface area contributed by atoms with Gasteiger partial charge in [0.25, 0.3) is 0 Å². The molecule has 0 spiro atoms. The number of carbonyl (C=O) groups is 1. The molecule has 1 fully saturated rings. The third-order valence-corrected chi connectivity index (χ3v) is 4.73. The minimum Gasteiger partial charge on any atom is -0.396 e. The van der Waals surface area contributed by atoms with Crippen molar-refractivity contribution >= 4 is 15.9 Å². The number of carbonyl (C=O) groups excluding carboxylic acids is 1. The smallest absolute Gasteiger partial charge is 0.221 e.